The van der Waals surface area contributed by atoms with Crippen LogP contribution in [0.1, 0.15) is 59.8 Å². The van der Waals surface area contributed by atoms with Crippen LogP contribution in [-0.4, -0.2) is 41.4 Å². The van der Waals surface area contributed by atoms with Crippen LogP contribution < -0.4 is 0 Å². The van der Waals surface area contributed by atoms with Crippen LogP contribution in [-0.2, 0) is 4.79 Å². The predicted molar refractivity (Wildman–Crippen MR) is 76.9 cm³/mol. The highest BCUT2D eigenvalue weighted by molar-refractivity contribution is 6.01. The fourth-order valence-corrected chi connectivity index (χ4v) is 2.49. The molecule has 1 saturated heterocycles. The Morgan fingerprint density at radius 3 is 2.21 bits per heavy atom. The van der Waals surface area contributed by atoms with E-state index in [0.29, 0.717) is 18.5 Å². The second-order valence-corrected chi connectivity index (χ2v) is 5.82. The molecule has 0 aliphatic carbocycles. The highest BCUT2D eigenvalue weighted by Gasteiger charge is 2.34. The van der Waals surface area contributed by atoms with E-state index in [9.17, 15) is 9.59 Å². The number of carbonyl (C=O) groups excluding carboxylic acids is 2. The maximum atomic E-state index is 11.9. The van der Waals surface area contributed by atoms with E-state index in [1.54, 1.807) is 4.90 Å². The topological polar surface area (TPSA) is 40.6 Å². The number of carbonyl (C=O) groups is 2. The average Bonchev–Trinajstić information content (AvgIpc) is 2.69. The number of nitrogens with zero attached hydrogens (tertiary/aromatic N) is 2. The summed E-state index contributed by atoms with van der Waals surface area (Å²) in [6.07, 6.45) is 5.56. The summed E-state index contributed by atoms with van der Waals surface area (Å²) in [5, 5.41) is 0. The molecule has 0 unspecified atom stereocenters. The van der Waals surface area contributed by atoms with E-state index in [2.05, 4.69) is 20.8 Å². The van der Waals surface area contributed by atoms with E-state index in [-0.39, 0.29) is 18.5 Å². The lowest BCUT2D eigenvalue weighted by atomic mass is 9.80. The van der Waals surface area contributed by atoms with Gasteiger partial charge in [-0.25, -0.2) is 4.79 Å². The molecule has 19 heavy (non-hydrogen) atoms. The largest absolute Gasteiger partial charge is 0.327 e. The number of rotatable bonds is 8. The number of hydrogen-bond acceptors (Lipinski definition) is 2. The quantitative estimate of drug-likeness (QED) is 0.501. The molecule has 0 aromatic rings. The number of amides is 3. The predicted octanol–water partition coefficient (Wildman–Crippen LogP) is 3.27. The highest BCUT2D eigenvalue weighted by Crippen LogP contribution is 2.31. The summed E-state index contributed by atoms with van der Waals surface area (Å²) in [5.74, 6) is -0.0411. The van der Waals surface area contributed by atoms with Gasteiger partial charge < -0.3 is 4.90 Å². The Hall–Kier alpha value is -1.06. The van der Waals surface area contributed by atoms with Gasteiger partial charge in [-0.2, -0.15) is 0 Å². The van der Waals surface area contributed by atoms with Crippen LogP contribution in [0.5, 0.6) is 0 Å². The van der Waals surface area contributed by atoms with Gasteiger partial charge in [0.15, 0.2) is 0 Å². The van der Waals surface area contributed by atoms with Gasteiger partial charge >= 0.3 is 6.03 Å². The Morgan fingerprint density at radius 2 is 1.74 bits per heavy atom. The Bertz CT molecular complexity index is 324. The summed E-state index contributed by atoms with van der Waals surface area (Å²) in [5.41, 5.74) is 0.411. The van der Waals surface area contributed by atoms with Gasteiger partial charge in [-0.1, -0.05) is 40.0 Å². The van der Waals surface area contributed by atoms with Crippen LogP contribution in [0.15, 0.2) is 0 Å². The van der Waals surface area contributed by atoms with Crippen molar-refractivity contribution in [3.05, 3.63) is 0 Å². The van der Waals surface area contributed by atoms with Crippen molar-refractivity contribution in [2.24, 2.45) is 5.41 Å². The molecule has 0 aromatic heterocycles. The fourth-order valence-electron chi connectivity index (χ4n) is 2.49. The first kappa shape index (κ1) is 16.0. The third kappa shape index (κ3) is 3.95. The summed E-state index contributed by atoms with van der Waals surface area (Å²) in [4.78, 5) is 26.6. The second kappa shape index (κ2) is 6.92. The zero-order chi connectivity index (χ0) is 14.5. The van der Waals surface area contributed by atoms with Crippen molar-refractivity contribution in [2.45, 2.75) is 59.8 Å². The minimum absolute atomic E-state index is 0.0411. The first-order valence-corrected chi connectivity index (χ1v) is 7.56. The molecule has 4 nitrogen and oxygen atoms in total. The maximum Gasteiger partial charge on any atom is 0.327 e. The third-order valence-electron chi connectivity index (χ3n) is 4.63. The Balaban J connectivity index is 2.34. The molecule has 0 radical (unpaired) electrons. The van der Waals surface area contributed by atoms with Crippen molar-refractivity contribution in [3.63, 3.8) is 0 Å². The van der Waals surface area contributed by atoms with Crippen molar-refractivity contribution in [1.29, 1.82) is 0 Å². The Kier molecular flexibility index (Phi) is 5.83. The molecule has 4 heteroatoms. The maximum absolute atomic E-state index is 11.9. The molecule has 1 rings (SSSR count). The monoisotopic (exact) mass is 268 g/mol. The molecule has 0 atom stereocenters. The molecule has 1 aliphatic heterocycles. The molecule has 0 saturated carbocycles. The minimum Gasteiger partial charge on any atom is -0.315 e. The van der Waals surface area contributed by atoms with Gasteiger partial charge in [0.1, 0.15) is 6.54 Å². The lowest BCUT2D eigenvalue weighted by Crippen LogP contribution is -2.33. The molecule has 0 aromatic carbocycles. The Morgan fingerprint density at radius 1 is 1.11 bits per heavy atom. The second-order valence-electron chi connectivity index (χ2n) is 5.82. The van der Waals surface area contributed by atoms with Crippen LogP contribution in [0.3, 0.4) is 0 Å². The van der Waals surface area contributed by atoms with Crippen LogP contribution in [0.2, 0.25) is 0 Å². The molecule has 1 fully saturated rings. The van der Waals surface area contributed by atoms with Gasteiger partial charge in [0, 0.05) is 13.1 Å². The van der Waals surface area contributed by atoms with E-state index < -0.39 is 0 Å². The molecule has 110 valence electrons. The molecular weight excluding hydrogens is 240 g/mol. The van der Waals surface area contributed by atoms with Gasteiger partial charge in [-0.15, -0.1) is 0 Å². The highest BCUT2D eigenvalue weighted by atomic mass is 16.2. The van der Waals surface area contributed by atoms with E-state index in [0.717, 1.165) is 12.8 Å². The molecule has 1 heterocycles. The van der Waals surface area contributed by atoms with Crippen LogP contribution in [0, 0.1) is 5.41 Å². The molecule has 0 N–H and O–H groups in total. The van der Waals surface area contributed by atoms with Crippen LogP contribution in [0.4, 0.5) is 4.79 Å². The van der Waals surface area contributed by atoms with E-state index in [1.165, 1.54) is 24.2 Å². The van der Waals surface area contributed by atoms with Crippen molar-refractivity contribution < 1.29 is 9.59 Å². The van der Waals surface area contributed by atoms with Crippen molar-refractivity contribution in [2.75, 3.05) is 19.6 Å². The summed E-state index contributed by atoms with van der Waals surface area (Å²) < 4.78 is 0. The fraction of sp³-hybridized carbons (Fsp3) is 0.867. The van der Waals surface area contributed by atoms with E-state index >= 15 is 0 Å². The van der Waals surface area contributed by atoms with Gasteiger partial charge in [0.25, 0.3) is 0 Å². The molecule has 0 bridgehead atoms. The number of unbranched alkanes of at least 4 members (excludes halogenated alkanes) is 1. The molecule has 1 aliphatic rings. The average molecular weight is 268 g/mol. The first-order chi connectivity index (χ1) is 8.97. The number of imide groups is 1. The van der Waals surface area contributed by atoms with Crippen LogP contribution in [0.25, 0.3) is 0 Å². The SMILES string of the molecule is CCN1CC(=O)N(CCCCC(C)(CC)CC)C1=O. The Labute approximate surface area is 117 Å². The summed E-state index contributed by atoms with van der Waals surface area (Å²) in [6.45, 7) is 10.1. The molecule has 0 spiro atoms. The molecule has 3 amide bonds. The molecular formula is C15H28N2O2. The van der Waals surface area contributed by atoms with Crippen molar-refractivity contribution >= 4 is 11.9 Å². The summed E-state index contributed by atoms with van der Waals surface area (Å²) in [7, 11) is 0. The van der Waals surface area contributed by atoms with Crippen LogP contribution >= 0.6 is 0 Å². The standard InChI is InChI=1S/C15H28N2O2/c1-5-15(4,6-2)10-8-9-11-17-13(18)12-16(7-3)14(17)19/h5-12H2,1-4H3. The van der Waals surface area contributed by atoms with E-state index in [1.807, 2.05) is 6.92 Å². The minimum atomic E-state index is -0.110. The lowest BCUT2D eigenvalue weighted by molar-refractivity contribution is -0.125. The number of hydrogen-bond donors (Lipinski definition) is 0. The zero-order valence-electron chi connectivity index (χ0n) is 12.9. The van der Waals surface area contributed by atoms with Crippen molar-refractivity contribution in [3.8, 4) is 0 Å². The smallest absolute Gasteiger partial charge is 0.315 e. The van der Waals surface area contributed by atoms with Gasteiger partial charge in [-0.05, 0) is 25.2 Å². The first-order valence-electron chi connectivity index (χ1n) is 7.56. The normalized spacial score (nSPS) is 16.6. The van der Waals surface area contributed by atoms with Crippen molar-refractivity contribution in [1.82, 2.24) is 9.80 Å². The number of urea groups is 1. The van der Waals surface area contributed by atoms with Gasteiger partial charge in [-0.3, -0.25) is 9.69 Å². The van der Waals surface area contributed by atoms with E-state index in [4.69, 9.17) is 0 Å². The number of likely N-dealkylation sites (N-methyl/N-ethyl adjacent to an activating group) is 1. The summed E-state index contributed by atoms with van der Waals surface area (Å²) in [6, 6.07) is -0.110. The van der Waals surface area contributed by atoms with Gasteiger partial charge in [0.2, 0.25) is 5.91 Å². The third-order valence-corrected chi connectivity index (χ3v) is 4.63. The zero-order valence-corrected chi connectivity index (χ0v) is 12.9. The lowest BCUT2D eigenvalue weighted by Gasteiger charge is -2.26. The summed E-state index contributed by atoms with van der Waals surface area (Å²) >= 11 is 0. The van der Waals surface area contributed by atoms with Gasteiger partial charge in [0.05, 0.1) is 0 Å².